The lowest BCUT2D eigenvalue weighted by molar-refractivity contribution is -0.170. The van der Waals surface area contributed by atoms with Crippen molar-refractivity contribution in [3.63, 3.8) is 0 Å². The molecule has 26 heavy (non-hydrogen) atoms. The molecule has 2 aliphatic rings. The minimum absolute atomic E-state index is 0. The van der Waals surface area contributed by atoms with E-state index in [2.05, 4.69) is 24.1 Å². The Morgan fingerprint density at radius 2 is 1.88 bits per heavy atom. The van der Waals surface area contributed by atoms with Gasteiger partial charge in [0.1, 0.15) is 5.54 Å². The second kappa shape index (κ2) is 10.4. The number of carbonyl (C=O) groups excluding carboxylic acids is 1. The quantitative estimate of drug-likeness (QED) is 0.665. The summed E-state index contributed by atoms with van der Waals surface area (Å²) in [4.78, 5) is 15.2. The SMILES string of the molecule is CCOC1CC(N)(C(=O)NCC(C(C)C)N2CCOCC2)C1(C)C.Cl.Cl. The molecule has 2 rings (SSSR count). The van der Waals surface area contributed by atoms with Crippen LogP contribution in [0.3, 0.4) is 0 Å². The molecular formula is C18H37Cl2N3O3. The van der Waals surface area contributed by atoms with Gasteiger partial charge in [-0.2, -0.15) is 0 Å². The van der Waals surface area contributed by atoms with Crippen molar-refractivity contribution in [2.45, 2.75) is 58.7 Å². The molecular weight excluding hydrogens is 377 g/mol. The van der Waals surface area contributed by atoms with Crippen LogP contribution in [0.5, 0.6) is 0 Å². The molecule has 0 spiro atoms. The van der Waals surface area contributed by atoms with Crippen LogP contribution < -0.4 is 11.1 Å². The summed E-state index contributed by atoms with van der Waals surface area (Å²) in [5, 5.41) is 3.12. The number of halogens is 2. The minimum Gasteiger partial charge on any atom is -0.379 e. The molecule has 3 atom stereocenters. The molecule has 3 N–H and O–H groups in total. The molecule has 156 valence electrons. The monoisotopic (exact) mass is 413 g/mol. The van der Waals surface area contributed by atoms with Crippen LogP contribution in [0.2, 0.25) is 0 Å². The predicted octanol–water partition coefficient (Wildman–Crippen LogP) is 1.84. The Balaban J connectivity index is 0.00000312. The largest absolute Gasteiger partial charge is 0.379 e. The molecule has 8 heteroatoms. The number of hydrogen-bond acceptors (Lipinski definition) is 5. The summed E-state index contributed by atoms with van der Waals surface area (Å²) < 4.78 is 11.2. The highest BCUT2D eigenvalue weighted by atomic mass is 35.5. The summed E-state index contributed by atoms with van der Waals surface area (Å²) in [7, 11) is 0. The summed E-state index contributed by atoms with van der Waals surface area (Å²) in [5.41, 5.74) is 5.26. The number of nitrogens with two attached hydrogens (primary N) is 1. The van der Waals surface area contributed by atoms with Gasteiger partial charge in [0.25, 0.3) is 0 Å². The van der Waals surface area contributed by atoms with Crippen molar-refractivity contribution in [1.82, 2.24) is 10.2 Å². The molecule has 1 heterocycles. The van der Waals surface area contributed by atoms with Gasteiger partial charge >= 0.3 is 0 Å². The summed E-state index contributed by atoms with van der Waals surface area (Å²) in [6, 6.07) is 0.312. The molecule has 1 amide bonds. The smallest absolute Gasteiger partial charge is 0.240 e. The third-order valence-corrected chi connectivity index (χ3v) is 5.99. The number of rotatable bonds is 7. The summed E-state index contributed by atoms with van der Waals surface area (Å²) >= 11 is 0. The van der Waals surface area contributed by atoms with Crippen LogP contribution in [0.1, 0.15) is 41.0 Å². The number of hydrogen-bond donors (Lipinski definition) is 2. The zero-order chi connectivity index (χ0) is 18.0. The molecule has 6 nitrogen and oxygen atoms in total. The molecule has 0 aromatic heterocycles. The number of nitrogens with one attached hydrogen (secondary N) is 1. The van der Waals surface area contributed by atoms with E-state index in [1.54, 1.807) is 0 Å². The molecule has 3 unspecified atom stereocenters. The van der Waals surface area contributed by atoms with E-state index >= 15 is 0 Å². The van der Waals surface area contributed by atoms with Crippen LogP contribution in [0.15, 0.2) is 0 Å². The van der Waals surface area contributed by atoms with Gasteiger partial charge in [0.2, 0.25) is 5.91 Å². The Hall–Kier alpha value is -0.110. The van der Waals surface area contributed by atoms with Gasteiger partial charge in [0.05, 0.1) is 19.3 Å². The number of morpholine rings is 1. The highest BCUT2D eigenvalue weighted by molar-refractivity contribution is 5.88. The van der Waals surface area contributed by atoms with Crippen molar-refractivity contribution in [1.29, 1.82) is 0 Å². The average Bonchev–Trinajstić information content (AvgIpc) is 2.55. The minimum atomic E-state index is -0.848. The van der Waals surface area contributed by atoms with E-state index in [4.69, 9.17) is 15.2 Å². The fourth-order valence-electron chi connectivity index (χ4n) is 3.87. The first-order valence-corrected chi connectivity index (χ1v) is 9.24. The Kier molecular flexibility index (Phi) is 10.4. The molecule has 0 aromatic rings. The van der Waals surface area contributed by atoms with Crippen molar-refractivity contribution >= 4 is 30.7 Å². The van der Waals surface area contributed by atoms with Gasteiger partial charge in [-0.3, -0.25) is 9.69 Å². The maximum atomic E-state index is 12.8. The van der Waals surface area contributed by atoms with Crippen molar-refractivity contribution in [2.24, 2.45) is 17.1 Å². The number of amides is 1. The molecule has 1 aliphatic carbocycles. The van der Waals surface area contributed by atoms with E-state index in [0.717, 1.165) is 26.3 Å². The number of nitrogens with zero attached hydrogens (tertiary/aromatic N) is 1. The number of carbonyl (C=O) groups is 1. The maximum Gasteiger partial charge on any atom is 0.240 e. The predicted molar refractivity (Wildman–Crippen MR) is 109 cm³/mol. The van der Waals surface area contributed by atoms with Crippen molar-refractivity contribution in [2.75, 3.05) is 39.5 Å². The van der Waals surface area contributed by atoms with Crippen molar-refractivity contribution in [3.05, 3.63) is 0 Å². The van der Waals surface area contributed by atoms with Gasteiger partial charge in [0.15, 0.2) is 0 Å². The zero-order valence-corrected chi connectivity index (χ0v) is 18.4. The Bertz CT molecular complexity index is 445. The molecule has 2 fully saturated rings. The van der Waals surface area contributed by atoms with Gasteiger partial charge in [-0.25, -0.2) is 0 Å². The first-order chi connectivity index (χ1) is 11.2. The van der Waals surface area contributed by atoms with Gasteiger partial charge in [-0.1, -0.05) is 27.7 Å². The molecule has 1 aliphatic heterocycles. The van der Waals surface area contributed by atoms with Crippen LogP contribution in [-0.4, -0.2) is 67.9 Å². The van der Waals surface area contributed by atoms with E-state index in [9.17, 15) is 4.79 Å². The Labute approximate surface area is 170 Å². The second-order valence-corrected chi connectivity index (χ2v) is 8.01. The van der Waals surface area contributed by atoms with Gasteiger partial charge in [0, 0.05) is 44.1 Å². The van der Waals surface area contributed by atoms with Gasteiger partial charge in [-0.15, -0.1) is 24.8 Å². The molecule has 0 radical (unpaired) electrons. The fourth-order valence-corrected chi connectivity index (χ4v) is 3.87. The highest BCUT2D eigenvalue weighted by Crippen LogP contribution is 2.49. The van der Waals surface area contributed by atoms with E-state index in [-0.39, 0.29) is 42.2 Å². The van der Waals surface area contributed by atoms with E-state index in [1.807, 2.05) is 20.8 Å². The van der Waals surface area contributed by atoms with E-state index in [1.165, 1.54) is 0 Å². The average molecular weight is 414 g/mol. The highest BCUT2D eigenvalue weighted by Gasteiger charge is 2.62. The molecule has 0 aromatic carbocycles. The Morgan fingerprint density at radius 1 is 1.31 bits per heavy atom. The molecule has 1 saturated carbocycles. The lowest BCUT2D eigenvalue weighted by Crippen LogP contribution is -2.76. The van der Waals surface area contributed by atoms with Gasteiger partial charge < -0.3 is 20.5 Å². The zero-order valence-electron chi connectivity index (χ0n) is 16.7. The topological polar surface area (TPSA) is 76.8 Å². The maximum absolute atomic E-state index is 12.8. The summed E-state index contributed by atoms with van der Waals surface area (Å²) in [5.74, 6) is 0.407. The van der Waals surface area contributed by atoms with E-state index in [0.29, 0.717) is 31.5 Å². The molecule has 0 bridgehead atoms. The third kappa shape index (κ3) is 5.03. The first-order valence-electron chi connectivity index (χ1n) is 9.24. The van der Waals surface area contributed by atoms with Crippen LogP contribution in [0.4, 0.5) is 0 Å². The normalized spacial score (nSPS) is 29.1. The standard InChI is InChI=1S/C18H35N3O3.2ClH/c1-6-24-15-11-18(19,17(15,4)5)16(22)20-12-14(13(2)3)21-7-9-23-10-8-21;;/h13-15H,6-12,19H2,1-5H3,(H,20,22);2*1H. The Morgan fingerprint density at radius 3 is 2.35 bits per heavy atom. The summed E-state index contributed by atoms with van der Waals surface area (Å²) in [6.45, 7) is 15.1. The van der Waals surface area contributed by atoms with E-state index < -0.39 is 5.54 Å². The fraction of sp³-hybridized carbons (Fsp3) is 0.944. The second-order valence-electron chi connectivity index (χ2n) is 8.01. The lowest BCUT2D eigenvalue weighted by atomic mass is 9.54. The van der Waals surface area contributed by atoms with Crippen LogP contribution in [0, 0.1) is 11.3 Å². The van der Waals surface area contributed by atoms with Gasteiger partial charge in [-0.05, 0) is 12.8 Å². The van der Waals surface area contributed by atoms with Crippen LogP contribution >= 0.6 is 24.8 Å². The molecule has 1 saturated heterocycles. The van der Waals surface area contributed by atoms with Crippen LogP contribution in [-0.2, 0) is 14.3 Å². The summed E-state index contributed by atoms with van der Waals surface area (Å²) in [6.07, 6.45) is 0.641. The van der Waals surface area contributed by atoms with Crippen molar-refractivity contribution < 1.29 is 14.3 Å². The van der Waals surface area contributed by atoms with Crippen LogP contribution in [0.25, 0.3) is 0 Å². The van der Waals surface area contributed by atoms with Crippen molar-refractivity contribution in [3.8, 4) is 0 Å². The first kappa shape index (κ1) is 25.9. The third-order valence-electron chi connectivity index (χ3n) is 5.99. The lowest BCUT2D eigenvalue weighted by Gasteiger charge is -2.57. The number of ether oxygens (including phenoxy) is 2.